The van der Waals surface area contributed by atoms with Crippen molar-refractivity contribution >= 4 is 5.97 Å². The lowest BCUT2D eigenvalue weighted by Crippen LogP contribution is -2.56. The van der Waals surface area contributed by atoms with Crippen molar-refractivity contribution in [2.45, 2.75) is 71.0 Å². The number of carboxylic acid groups (broad SMARTS) is 1. The van der Waals surface area contributed by atoms with Gasteiger partial charge in [0.2, 0.25) is 0 Å². The number of rotatable bonds is 9. The molecule has 148 valence electrons. The Kier molecular flexibility index (Phi) is 12.2. The predicted octanol–water partition coefficient (Wildman–Crippen LogP) is -0.310. The van der Waals surface area contributed by atoms with Crippen LogP contribution in [0, 0.1) is 0 Å². The van der Waals surface area contributed by atoms with Crippen LogP contribution in [0.5, 0.6) is 0 Å². The molecule has 4 atom stereocenters. The summed E-state index contributed by atoms with van der Waals surface area (Å²) in [5, 5.41) is 32.7. The number of carboxylic acids is 1. The molecule has 8 N–H and O–H groups in total. The highest BCUT2D eigenvalue weighted by atomic mass is 16.6. The van der Waals surface area contributed by atoms with Gasteiger partial charge in [0.05, 0.1) is 6.10 Å². The Morgan fingerprint density at radius 2 is 2.00 bits per heavy atom. The summed E-state index contributed by atoms with van der Waals surface area (Å²) in [5.41, 5.74) is 6.41. The lowest BCUT2D eigenvalue weighted by atomic mass is 10.0. The smallest absolute Gasteiger partial charge is 0.335 e. The number of hydrogen-bond donors (Lipinski definition) is 6. The molecule has 1 aliphatic heterocycles. The minimum Gasteiger partial charge on any atom is -0.479 e. The molecule has 9 nitrogen and oxygen atoms in total. The molecule has 9 heteroatoms. The number of nitrogens with two attached hydrogens (primary N) is 2. The van der Waals surface area contributed by atoms with E-state index in [2.05, 4.69) is 12.2 Å². The quantitative estimate of drug-likeness (QED) is 0.184. The molecule has 1 fully saturated rings. The van der Waals surface area contributed by atoms with Crippen molar-refractivity contribution in [1.82, 2.24) is 10.3 Å². The van der Waals surface area contributed by atoms with Crippen molar-refractivity contribution in [3.8, 4) is 0 Å². The van der Waals surface area contributed by atoms with Crippen LogP contribution in [0.2, 0.25) is 0 Å². The predicted molar refractivity (Wildman–Crippen MR) is 95.0 cm³/mol. The van der Waals surface area contributed by atoms with Gasteiger partial charge in [-0.2, -0.15) is 0 Å². The van der Waals surface area contributed by atoms with Crippen LogP contribution >= 0.6 is 0 Å². The maximum Gasteiger partial charge on any atom is 0.335 e. The second-order valence-corrected chi connectivity index (χ2v) is 5.65. The molecule has 0 aromatic rings. The second-order valence-electron chi connectivity index (χ2n) is 5.65. The van der Waals surface area contributed by atoms with Crippen LogP contribution in [0.4, 0.5) is 0 Å². The Hall–Kier alpha value is -1.39. The molecule has 4 unspecified atom stereocenters. The first-order valence-electron chi connectivity index (χ1n) is 8.81. The Labute approximate surface area is 149 Å². The number of nitrogens with zero attached hydrogens (tertiary/aromatic N) is 1. The maximum absolute atomic E-state index is 11.0. The van der Waals surface area contributed by atoms with Gasteiger partial charge in [0.25, 0.3) is 0 Å². The summed E-state index contributed by atoms with van der Waals surface area (Å²) < 4.78 is 5.23. The van der Waals surface area contributed by atoms with Gasteiger partial charge in [-0.15, -0.1) is 0 Å². The van der Waals surface area contributed by atoms with Crippen LogP contribution in [-0.4, -0.2) is 63.9 Å². The van der Waals surface area contributed by atoms with Crippen LogP contribution in [0.3, 0.4) is 0 Å². The minimum atomic E-state index is -1.53. The SMILES string of the molecule is CC.CCCNCCC/C(N)=C/N(N)C1CC(O)C(O)C(C(=O)O)O1. The molecule has 1 heterocycles. The van der Waals surface area contributed by atoms with E-state index in [9.17, 15) is 15.0 Å². The van der Waals surface area contributed by atoms with Crippen LogP contribution in [0.25, 0.3) is 0 Å². The number of ether oxygens (including phenoxy) is 1. The summed E-state index contributed by atoms with van der Waals surface area (Å²) in [4.78, 5) is 11.0. The van der Waals surface area contributed by atoms with Crippen molar-refractivity contribution in [3.05, 3.63) is 11.9 Å². The summed E-state index contributed by atoms with van der Waals surface area (Å²) in [5.74, 6) is 4.47. The number of aliphatic hydroxyl groups excluding tert-OH is 2. The van der Waals surface area contributed by atoms with Crippen LogP contribution in [-0.2, 0) is 9.53 Å². The Balaban J connectivity index is 0.00000277. The lowest BCUT2D eigenvalue weighted by molar-refractivity contribution is -0.213. The first-order chi connectivity index (χ1) is 11.9. The van der Waals surface area contributed by atoms with Gasteiger partial charge in [0.1, 0.15) is 12.3 Å². The molecule has 0 aromatic heterocycles. The van der Waals surface area contributed by atoms with E-state index in [4.69, 9.17) is 21.4 Å². The largest absolute Gasteiger partial charge is 0.479 e. The van der Waals surface area contributed by atoms with E-state index < -0.39 is 30.5 Å². The fraction of sp³-hybridized carbons (Fsp3) is 0.812. The van der Waals surface area contributed by atoms with E-state index in [0.717, 1.165) is 30.9 Å². The van der Waals surface area contributed by atoms with Gasteiger partial charge in [0, 0.05) is 18.3 Å². The number of hydrazine groups is 1. The third-order valence-corrected chi connectivity index (χ3v) is 3.59. The third kappa shape index (κ3) is 8.50. The van der Waals surface area contributed by atoms with E-state index in [0.29, 0.717) is 12.1 Å². The van der Waals surface area contributed by atoms with E-state index in [-0.39, 0.29) is 6.42 Å². The summed E-state index contributed by atoms with van der Waals surface area (Å²) in [7, 11) is 0. The van der Waals surface area contributed by atoms with E-state index >= 15 is 0 Å². The Morgan fingerprint density at radius 1 is 1.36 bits per heavy atom. The molecule has 0 radical (unpaired) electrons. The normalized spacial score (nSPS) is 26.6. The highest BCUT2D eigenvalue weighted by Crippen LogP contribution is 2.22. The zero-order chi connectivity index (χ0) is 19.4. The van der Waals surface area contributed by atoms with Gasteiger partial charge < -0.3 is 31.1 Å². The van der Waals surface area contributed by atoms with E-state index in [1.807, 2.05) is 13.8 Å². The molecule has 0 aromatic carbocycles. The average Bonchev–Trinajstić information content (AvgIpc) is 2.58. The van der Waals surface area contributed by atoms with Crippen molar-refractivity contribution in [1.29, 1.82) is 0 Å². The van der Waals surface area contributed by atoms with Gasteiger partial charge in [-0.05, 0) is 32.4 Å². The van der Waals surface area contributed by atoms with Crippen molar-refractivity contribution in [2.24, 2.45) is 11.6 Å². The Morgan fingerprint density at radius 3 is 2.56 bits per heavy atom. The van der Waals surface area contributed by atoms with Gasteiger partial charge in [-0.25, -0.2) is 10.6 Å². The molecule has 25 heavy (non-hydrogen) atoms. The molecular formula is C16H34N4O5. The zero-order valence-corrected chi connectivity index (χ0v) is 15.4. The lowest BCUT2D eigenvalue weighted by Gasteiger charge is -2.38. The summed E-state index contributed by atoms with van der Waals surface area (Å²) in [6.45, 7) is 7.89. The van der Waals surface area contributed by atoms with Crippen LogP contribution in [0.1, 0.15) is 46.5 Å². The number of hydrogen-bond acceptors (Lipinski definition) is 8. The topological polar surface area (TPSA) is 154 Å². The number of carbonyl (C=O) groups is 1. The van der Waals surface area contributed by atoms with Crippen molar-refractivity contribution in [3.63, 3.8) is 0 Å². The summed E-state index contributed by atoms with van der Waals surface area (Å²) >= 11 is 0. The summed E-state index contributed by atoms with van der Waals surface area (Å²) in [6, 6.07) is 0. The highest BCUT2D eigenvalue weighted by molar-refractivity contribution is 5.73. The minimum absolute atomic E-state index is 0.0106. The average molecular weight is 362 g/mol. The highest BCUT2D eigenvalue weighted by Gasteiger charge is 2.42. The molecule has 0 amide bonds. The first-order valence-corrected chi connectivity index (χ1v) is 8.81. The van der Waals surface area contributed by atoms with Crippen LogP contribution < -0.4 is 16.9 Å². The fourth-order valence-electron chi connectivity index (χ4n) is 2.31. The van der Waals surface area contributed by atoms with Crippen molar-refractivity contribution < 1.29 is 24.9 Å². The number of allylic oxidation sites excluding steroid dienone is 1. The molecule has 0 bridgehead atoms. The third-order valence-electron chi connectivity index (χ3n) is 3.59. The molecular weight excluding hydrogens is 328 g/mol. The molecule has 1 aliphatic rings. The van der Waals surface area contributed by atoms with Crippen LogP contribution in [0.15, 0.2) is 11.9 Å². The number of nitrogens with one attached hydrogen (secondary N) is 1. The maximum atomic E-state index is 11.0. The molecule has 0 saturated carbocycles. The standard InChI is InChI=1S/C14H28N4O5.C2H6/c1-2-5-17-6-3-4-9(15)8-18(16)11-7-10(19)12(20)13(23-11)14(21)22;1-2/h8,10-13,17,19-20H,2-7,15-16H2,1H3,(H,21,22);1-2H3/b9-8-;. The van der Waals surface area contributed by atoms with E-state index in [1.54, 1.807) is 0 Å². The number of aliphatic hydroxyl groups is 2. The van der Waals surface area contributed by atoms with E-state index in [1.165, 1.54) is 6.20 Å². The number of aliphatic carboxylic acids is 1. The molecule has 1 rings (SSSR count). The van der Waals surface area contributed by atoms with Gasteiger partial charge in [-0.3, -0.25) is 5.01 Å². The van der Waals surface area contributed by atoms with Gasteiger partial charge in [0.15, 0.2) is 6.10 Å². The zero-order valence-electron chi connectivity index (χ0n) is 15.4. The monoisotopic (exact) mass is 362 g/mol. The second kappa shape index (κ2) is 12.9. The fourth-order valence-corrected chi connectivity index (χ4v) is 2.31. The van der Waals surface area contributed by atoms with Crippen molar-refractivity contribution in [2.75, 3.05) is 13.1 Å². The molecule has 0 aliphatic carbocycles. The first kappa shape index (κ1) is 23.6. The Bertz CT molecular complexity index is 408. The molecule has 0 spiro atoms. The summed E-state index contributed by atoms with van der Waals surface area (Å²) in [6.07, 6.45) is -1.10. The van der Waals surface area contributed by atoms with Gasteiger partial charge >= 0.3 is 5.97 Å². The van der Waals surface area contributed by atoms with Gasteiger partial charge in [-0.1, -0.05) is 20.8 Å². The molecule has 1 saturated heterocycles.